The third-order valence-electron chi connectivity index (χ3n) is 3.42. The van der Waals surface area contributed by atoms with Gasteiger partial charge in [0, 0.05) is 11.1 Å². The van der Waals surface area contributed by atoms with Gasteiger partial charge in [-0.25, -0.2) is 4.39 Å². The Balaban J connectivity index is 2.18. The monoisotopic (exact) mass is 227 g/mol. The maximum atomic E-state index is 13.5. The summed E-state index contributed by atoms with van der Waals surface area (Å²) in [5.74, 6) is -0.213. The summed E-state index contributed by atoms with van der Waals surface area (Å²) in [5, 5.41) is 0.446. The summed E-state index contributed by atoms with van der Waals surface area (Å²) in [6.07, 6.45) is 2.94. The molecular formula is C12H15ClFN. The topological polar surface area (TPSA) is 26.0 Å². The van der Waals surface area contributed by atoms with Crippen LogP contribution in [-0.2, 0) is 6.42 Å². The van der Waals surface area contributed by atoms with Crippen LogP contribution in [0.3, 0.4) is 0 Å². The van der Waals surface area contributed by atoms with Crippen LogP contribution in [0, 0.1) is 11.2 Å². The van der Waals surface area contributed by atoms with Crippen LogP contribution in [0.4, 0.5) is 4.39 Å². The lowest BCUT2D eigenvalue weighted by Crippen LogP contribution is -2.30. The quantitative estimate of drug-likeness (QED) is 0.844. The molecule has 1 atom stereocenters. The molecule has 1 aromatic rings. The summed E-state index contributed by atoms with van der Waals surface area (Å²) in [6, 6.07) is 5.00. The highest BCUT2D eigenvalue weighted by atomic mass is 35.5. The molecule has 1 aromatic carbocycles. The van der Waals surface area contributed by atoms with Gasteiger partial charge in [0.25, 0.3) is 0 Å². The van der Waals surface area contributed by atoms with Crippen molar-refractivity contribution in [2.45, 2.75) is 32.2 Å². The molecule has 2 rings (SSSR count). The molecule has 1 aliphatic rings. The predicted octanol–water partition coefficient (Wildman–Crippen LogP) is 3.15. The molecular weight excluding hydrogens is 213 g/mol. The second-order valence-electron chi connectivity index (χ2n) is 4.56. The zero-order valence-electron chi connectivity index (χ0n) is 8.76. The summed E-state index contributed by atoms with van der Waals surface area (Å²) >= 11 is 5.70. The minimum Gasteiger partial charge on any atom is -0.327 e. The minimum atomic E-state index is -0.213. The summed E-state index contributed by atoms with van der Waals surface area (Å²) in [7, 11) is 0. The van der Waals surface area contributed by atoms with Gasteiger partial charge in [-0.1, -0.05) is 17.7 Å². The normalized spacial score (nSPS) is 20.0. The second kappa shape index (κ2) is 3.76. The lowest BCUT2D eigenvalue weighted by Gasteiger charge is -2.19. The number of benzene rings is 1. The number of hydrogen-bond donors (Lipinski definition) is 1. The van der Waals surface area contributed by atoms with E-state index in [-0.39, 0.29) is 17.3 Å². The van der Waals surface area contributed by atoms with Crippen LogP contribution in [0.15, 0.2) is 18.2 Å². The molecule has 82 valence electrons. The summed E-state index contributed by atoms with van der Waals surface area (Å²) in [5.41, 5.74) is 6.78. The lowest BCUT2D eigenvalue weighted by atomic mass is 9.90. The van der Waals surface area contributed by atoms with E-state index in [1.54, 1.807) is 12.1 Å². The van der Waals surface area contributed by atoms with Gasteiger partial charge >= 0.3 is 0 Å². The first-order valence-corrected chi connectivity index (χ1v) is 5.61. The van der Waals surface area contributed by atoms with E-state index in [9.17, 15) is 4.39 Å². The van der Waals surface area contributed by atoms with E-state index in [0.717, 1.165) is 24.8 Å². The Morgan fingerprint density at radius 2 is 2.20 bits per heavy atom. The van der Waals surface area contributed by atoms with Gasteiger partial charge in [-0.2, -0.15) is 0 Å². The van der Waals surface area contributed by atoms with Crippen molar-refractivity contribution >= 4 is 11.6 Å². The van der Waals surface area contributed by atoms with Crippen molar-refractivity contribution in [3.05, 3.63) is 34.6 Å². The molecule has 1 fully saturated rings. The largest absolute Gasteiger partial charge is 0.327 e. The molecule has 0 amide bonds. The molecule has 0 aliphatic heterocycles. The van der Waals surface area contributed by atoms with Gasteiger partial charge in [0.2, 0.25) is 0 Å². The van der Waals surface area contributed by atoms with Crippen molar-refractivity contribution in [2.75, 3.05) is 0 Å². The van der Waals surface area contributed by atoms with Crippen LogP contribution in [0.25, 0.3) is 0 Å². The highest BCUT2D eigenvalue weighted by molar-refractivity contribution is 6.30. The fourth-order valence-electron chi connectivity index (χ4n) is 2.00. The fourth-order valence-corrected chi connectivity index (χ4v) is 2.16. The smallest absolute Gasteiger partial charge is 0.127 e. The summed E-state index contributed by atoms with van der Waals surface area (Å²) < 4.78 is 13.5. The molecule has 1 saturated carbocycles. The Morgan fingerprint density at radius 3 is 2.67 bits per heavy atom. The zero-order chi connectivity index (χ0) is 11.1. The van der Waals surface area contributed by atoms with Crippen molar-refractivity contribution in [1.82, 2.24) is 0 Å². The van der Waals surface area contributed by atoms with Crippen LogP contribution in [-0.4, -0.2) is 6.04 Å². The first-order chi connectivity index (χ1) is 7.03. The maximum absolute atomic E-state index is 13.5. The van der Waals surface area contributed by atoms with Gasteiger partial charge in [-0.15, -0.1) is 0 Å². The molecule has 0 bridgehead atoms. The van der Waals surface area contributed by atoms with E-state index >= 15 is 0 Å². The third-order valence-corrected chi connectivity index (χ3v) is 3.65. The average molecular weight is 228 g/mol. The second-order valence-corrected chi connectivity index (χ2v) is 5.00. The third kappa shape index (κ3) is 2.16. The maximum Gasteiger partial charge on any atom is 0.127 e. The van der Waals surface area contributed by atoms with Crippen LogP contribution >= 0.6 is 11.6 Å². The Bertz CT molecular complexity index is 372. The molecule has 0 aromatic heterocycles. The first-order valence-electron chi connectivity index (χ1n) is 5.23. The molecule has 1 nitrogen and oxygen atoms in total. The van der Waals surface area contributed by atoms with Crippen LogP contribution in [0.1, 0.15) is 25.3 Å². The standard InChI is InChI=1S/C12H15ClFN/c1-8(15)12(4-5-12)7-9-2-3-10(13)6-11(9)14/h2-3,6,8H,4-5,7,15H2,1H3. The van der Waals surface area contributed by atoms with E-state index < -0.39 is 0 Å². The number of halogens is 2. The Kier molecular flexibility index (Phi) is 2.73. The van der Waals surface area contributed by atoms with Crippen LogP contribution in [0.5, 0.6) is 0 Å². The molecule has 15 heavy (non-hydrogen) atoms. The van der Waals surface area contributed by atoms with Crippen LogP contribution < -0.4 is 5.73 Å². The van der Waals surface area contributed by atoms with Crippen LogP contribution in [0.2, 0.25) is 5.02 Å². The predicted molar refractivity (Wildman–Crippen MR) is 60.4 cm³/mol. The molecule has 2 N–H and O–H groups in total. The lowest BCUT2D eigenvalue weighted by molar-refractivity contribution is 0.411. The Labute approximate surface area is 94.4 Å². The molecule has 1 unspecified atom stereocenters. The fraction of sp³-hybridized carbons (Fsp3) is 0.500. The van der Waals surface area contributed by atoms with Crippen molar-refractivity contribution in [1.29, 1.82) is 0 Å². The van der Waals surface area contributed by atoms with Gasteiger partial charge in [0.1, 0.15) is 5.82 Å². The van der Waals surface area contributed by atoms with Crippen molar-refractivity contribution in [3.63, 3.8) is 0 Å². The van der Waals surface area contributed by atoms with Gasteiger partial charge in [-0.05, 0) is 49.3 Å². The molecule has 0 saturated heterocycles. The van der Waals surface area contributed by atoms with Crippen molar-refractivity contribution in [3.8, 4) is 0 Å². The van der Waals surface area contributed by atoms with Crippen molar-refractivity contribution in [2.24, 2.45) is 11.1 Å². The van der Waals surface area contributed by atoms with E-state index in [4.69, 9.17) is 17.3 Å². The van der Waals surface area contributed by atoms with E-state index in [1.165, 1.54) is 6.07 Å². The van der Waals surface area contributed by atoms with E-state index in [1.807, 2.05) is 6.92 Å². The number of hydrogen-bond acceptors (Lipinski definition) is 1. The molecule has 1 aliphatic carbocycles. The molecule has 0 spiro atoms. The highest BCUT2D eigenvalue weighted by Gasteiger charge is 2.45. The number of rotatable bonds is 3. The van der Waals surface area contributed by atoms with Crippen molar-refractivity contribution < 1.29 is 4.39 Å². The summed E-state index contributed by atoms with van der Waals surface area (Å²) in [6.45, 7) is 2.00. The van der Waals surface area contributed by atoms with Gasteiger partial charge < -0.3 is 5.73 Å². The Hall–Kier alpha value is -0.600. The molecule has 0 heterocycles. The van der Waals surface area contributed by atoms with Gasteiger partial charge in [0.05, 0.1) is 0 Å². The Morgan fingerprint density at radius 1 is 1.53 bits per heavy atom. The number of nitrogens with two attached hydrogens (primary N) is 1. The molecule has 0 radical (unpaired) electrons. The van der Waals surface area contributed by atoms with Gasteiger partial charge in [-0.3, -0.25) is 0 Å². The van der Waals surface area contributed by atoms with E-state index in [2.05, 4.69) is 0 Å². The highest BCUT2D eigenvalue weighted by Crippen LogP contribution is 2.50. The minimum absolute atomic E-state index is 0.132. The first kappa shape index (κ1) is 10.9. The average Bonchev–Trinajstić information content (AvgIpc) is 2.91. The molecule has 3 heteroatoms. The zero-order valence-corrected chi connectivity index (χ0v) is 9.52. The summed E-state index contributed by atoms with van der Waals surface area (Å²) in [4.78, 5) is 0. The van der Waals surface area contributed by atoms with E-state index in [0.29, 0.717) is 5.02 Å². The SMILES string of the molecule is CC(N)C1(Cc2ccc(Cl)cc2F)CC1. The van der Waals surface area contributed by atoms with Gasteiger partial charge in [0.15, 0.2) is 0 Å².